The molecule has 1 aromatic carbocycles. The Labute approximate surface area is 106 Å². The van der Waals surface area contributed by atoms with Crippen molar-refractivity contribution in [2.75, 3.05) is 27.4 Å². The molecule has 1 N–H and O–H groups in total. The normalized spacial score (nSPS) is 14.5. The molecule has 18 heavy (non-hydrogen) atoms. The molecule has 0 heterocycles. The van der Waals surface area contributed by atoms with Gasteiger partial charge in [0.15, 0.2) is 11.6 Å². The minimum atomic E-state index is -0.833. The average molecular weight is 259 g/mol. The molecule has 0 amide bonds. The second-order valence-corrected chi connectivity index (χ2v) is 4.12. The SMILES string of the molecule is COCC(CNC(C)c1ccc(F)c(F)c1)OC. The standard InChI is InChI=1S/C13H19F2NO2/c1-9(16-7-11(18-3)8-17-2)10-4-5-12(14)13(15)6-10/h4-6,9,11,16H,7-8H2,1-3H3. The predicted molar refractivity (Wildman–Crippen MR) is 65.4 cm³/mol. The summed E-state index contributed by atoms with van der Waals surface area (Å²) >= 11 is 0. The number of benzene rings is 1. The van der Waals surface area contributed by atoms with Gasteiger partial charge in [-0.3, -0.25) is 0 Å². The number of rotatable bonds is 7. The first-order chi connectivity index (χ1) is 8.58. The molecular weight excluding hydrogens is 240 g/mol. The second-order valence-electron chi connectivity index (χ2n) is 4.12. The Morgan fingerprint density at radius 1 is 1.22 bits per heavy atom. The monoisotopic (exact) mass is 259 g/mol. The van der Waals surface area contributed by atoms with Crippen LogP contribution >= 0.6 is 0 Å². The van der Waals surface area contributed by atoms with Crippen LogP contribution in [0, 0.1) is 11.6 Å². The van der Waals surface area contributed by atoms with E-state index in [4.69, 9.17) is 9.47 Å². The van der Waals surface area contributed by atoms with Crippen LogP contribution in [-0.4, -0.2) is 33.5 Å². The summed E-state index contributed by atoms with van der Waals surface area (Å²) in [6.45, 7) is 2.94. The Balaban J connectivity index is 2.53. The molecule has 0 bridgehead atoms. The number of nitrogens with one attached hydrogen (secondary N) is 1. The number of methoxy groups -OCH3 is 2. The van der Waals surface area contributed by atoms with E-state index in [1.165, 1.54) is 6.07 Å². The molecule has 0 saturated carbocycles. The van der Waals surface area contributed by atoms with Crippen molar-refractivity contribution in [2.24, 2.45) is 0 Å². The smallest absolute Gasteiger partial charge is 0.159 e. The lowest BCUT2D eigenvalue weighted by Gasteiger charge is -2.19. The van der Waals surface area contributed by atoms with E-state index in [1.54, 1.807) is 20.3 Å². The maximum absolute atomic E-state index is 13.1. The van der Waals surface area contributed by atoms with Gasteiger partial charge in [0.2, 0.25) is 0 Å². The van der Waals surface area contributed by atoms with Gasteiger partial charge in [-0.25, -0.2) is 8.78 Å². The van der Waals surface area contributed by atoms with Gasteiger partial charge in [-0.2, -0.15) is 0 Å². The van der Waals surface area contributed by atoms with E-state index >= 15 is 0 Å². The number of hydrogen-bond acceptors (Lipinski definition) is 3. The summed E-state index contributed by atoms with van der Waals surface area (Å²) in [4.78, 5) is 0. The van der Waals surface area contributed by atoms with E-state index in [1.807, 2.05) is 6.92 Å². The average Bonchev–Trinajstić information content (AvgIpc) is 2.37. The predicted octanol–water partition coefficient (Wildman–Crippen LogP) is 2.28. The molecule has 2 atom stereocenters. The van der Waals surface area contributed by atoms with Gasteiger partial charge in [-0.05, 0) is 24.6 Å². The van der Waals surface area contributed by atoms with E-state index in [0.29, 0.717) is 18.7 Å². The third-order valence-corrected chi connectivity index (χ3v) is 2.78. The molecule has 1 rings (SSSR count). The van der Waals surface area contributed by atoms with Gasteiger partial charge in [-0.1, -0.05) is 6.07 Å². The molecule has 0 fully saturated rings. The van der Waals surface area contributed by atoms with Gasteiger partial charge < -0.3 is 14.8 Å². The van der Waals surface area contributed by atoms with Crippen molar-refractivity contribution in [1.82, 2.24) is 5.32 Å². The zero-order chi connectivity index (χ0) is 13.5. The highest BCUT2D eigenvalue weighted by Gasteiger charge is 2.12. The summed E-state index contributed by atoms with van der Waals surface area (Å²) in [6, 6.07) is 3.81. The highest BCUT2D eigenvalue weighted by molar-refractivity contribution is 5.20. The van der Waals surface area contributed by atoms with Crippen LogP contribution in [0.5, 0.6) is 0 Å². The first-order valence-electron chi connectivity index (χ1n) is 5.78. The van der Waals surface area contributed by atoms with Gasteiger partial charge >= 0.3 is 0 Å². The van der Waals surface area contributed by atoms with Crippen molar-refractivity contribution in [3.05, 3.63) is 35.4 Å². The van der Waals surface area contributed by atoms with Crippen LogP contribution in [0.25, 0.3) is 0 Å². The van der Waals surface area contributed by atoms with E-state index < -0.39 is 11.6 Å². The Hall–Kier alpha value is -1.04. The number of ether oxygens (including phenoxy) is 2. The van der Waals surface area contributed by atoms with E-state index in [0.717, 1.165) is 6.07 Å². The molecule has 2 unspecified atom stereocenters. The molecule has 0 aliphatic carbocycles. The van der Waals surface area contributed by atoms with Crippen molar-refractivity contribution in [1.29, 1.82) is 0 Å². The molecule has 0 aliphatic rings. The van der Waals surface area contributed by atoms with Crippen LogP contribution in [0.1, 0.15) is 18.5 Å². The lowest BCUT2D eigenvalue weighted by atomic mass is 10.1. The largest absolute Gasteiger partial charge is 0.382 e. The molecular formula is C13H19F2NO2. The van der Waals surface area contributed by atoms with Gasteiger partial charge in [0.05, 0.1) is 12.7 Å². The Morgan fingerprint density at radius 2 is 1.94 bits per heavy atom. The zero-order valence-electron chi connectivity index (χ0n) is 10.9. The quantitative estimate of drug-likeness (QED) is 0.815. The molecule has 102 valence electrons. The van der Waals surface area contributed by atoms with Crippen LogP contribution in [0.15, 0.2) is 18.2 Å². The minimum Gasteiger partial charge on any atom is -0.382 e. The summed E-state index contributed by atoms with van der Waals surface area (Å²) in [7, 11) is 3.21. The van der Waals surface area contributed by atoms with Gasteiger partial charge in [0.25, 0.3) is 0 Å². The third kappa shape index (κ3) is 4.33. The molecule has 0 spiro atoms. The van der Waals surface area contributed by atoms with Crippen LogP contribution in [-0.2, 0) is 9.47 Å². The van der Waals surface area contributed by atoms with Crippen molar-refractivity contribution in [2.45, 2.75) is 19.1 Å². The van der Waals surface area contributed by atoms with Crippen molar-refractivity contribution < 1.29 is 18.3 Å². The Kier molecular flexibility index (Phi) is 6.18. The van der Waals surface area contributed by atoms with Crippen molar-refractivity contribution >= 4 is 0 Å². The molecule has 0 aliphatic heterocycles. The fourth-order valence-corrected chi connectivity index (χ4v) is 1.60. The minimum absolute atomic E-state index is 0.0669. The van der Waals surface area contributed by atoms with Crippen molar-refractivity contribution in [3.8, 4) is 0 Å². The first kappa shape index (κ1) is 15.0. The first-order valence-corrected chi connectivity index (χ1v) is 5.78. The lowest BCUT2D eigenvalue weighted by molar-refractivity contribution is 0.0276. The van der Waals surface area contributed by atoms with Crippen LogP contribution in [0.4, 0.5) is 8.78 Å². The van der Waals surface area contributed by atoms with E-state index in [-0.39, 0.29) is 12.1 Å². The maximum Gasteiger partial charge on any atom is 0.159 e. The summed E-state index contributed by atoms with van der Waals surface area (Å²) in [5.41, 5.74) is 0.696. The van der Waals surface area contributed by atoms with E-state index in [2.05, 4.69) is 5.32 Å². The highest BCUT2D eigenvalue weighted by atomic mass is 19.2. The third-order valence-electron chi connectivity index (χ3n) is 2.78. The van der Waals surface area contributed by atoms with Crippen LogP contribution < -0.4 is 5.32 Å². The van der Waals surface area contributed by atoms with Crippen LogP contribution in [0.2, 0.25) is 0 Å². The number of hydrogen-bond donors (Lipinski definition) is 1. The summed E-state index contributed by atoms with van der Waals surface area (Å²) in [5, 5.41) is 3.19. The molecule has 0 saturated heterocycles. The van der Waals surface area contributed by atoms with Gasteiger partial charge in [0.1, 0.15) is 0 Å². The summed E-state index contributed by atoms with van der Waals surface area (Å²) in [6.07, 6.45) is -0.0669. The Morgan fingerprint density at radius 3 is 2.50 bits per heavy atom. The van der Waals surface area contributed by atoms with Gasteiger partial charge in [-0.15, -0.1) is 0 Å². The fourth-order valence-electron chi connectivity index (χ4n) is 1.60. The van der Waals surface area contributed by atoms with E-state index in [9.17, 15) is 8.78 Å². The molecule has 5 heteroatoms. The second kappa shape index (κ2) is 7.41. The van der Waals surface area contributed by atoms with Crippen molar-refractivity contribution in [3.63, 3.8) is 0 Å². The topological polar surface area (TPSA) is 30.5 Å². The Bertz CT molecular complexity index is 374. The molecule has 0 aromatic heterocycles. The molecule has 3 nitrogen and oxygen atoms in total. The summed E-state index contributed by atoms with van der Waals surface area (Å²) in [5.74, 6) is -1.67. The molecule has 0 radical (unpaired) electrons. The maximum atomic E-state index is 13.1. The van der Waals surface area contributed by atoms with Gasteiger partial charge in [0, 0.05) is 26.8 Å². The zero-order valence-corrected chi connectivity index (χ0v) is 10.9. The van der Waals surface area contributed by atoms with Crippen LogP contribution in [0.3, 0.4) is 0 Å². The summed E-state index contributed by atoms with van der Waals surface area (Å²) < 4.78 is 36.1. The molecule has 1 aromatic rings. The highest BCUT2D eigenvalue weighted by Crippen LogP contribution is 2.15. The fraction of sp³-hybridized carbons (Fsp3) is 0.538. The number of halogens is 2. The lowest BCUT2D eigenvalue weighted by Crippen LogP contribution is -2.33.